The summed E-state index contributed by atoms with van der Waals surface area (Å²) in [6.07, 6.45) is 1.18. The largest absolute Gasteiger partial charge is 0.480 e. The molecule has 6 nitrogen and oxygen atoms in total. The van der Waals surface area contributed by atoms with Gasteiger partial charge >= 0.3 is 5.97 Å². The number of hydrogen-bond donors (Lipinski definition) is 2. The van der Waals surface area contributed by atoms with Crippen LogP contribution in [0, 0.1) is 0 Å². The van der Waals surface area contributed by atoms with Crippen LogP contribution in [0.25, 0.3) is 0 Å². The van der Waals surface area contributed by atoms with E-state index in [1.165, 1.54) is 7.11 Å². The molecule has 0 aliphatic heterocycles. The Kier molecular flexibility index (Phi) is 5.55. The van der Waals surface area contributed by atoms with E-state index >= 15 is 0 Å². The van der Waals surface area contributed by atoms with Crippen molar-refractivity contribution in [3.05, 3.63) is 0 Å². The molecular weight excluding hydrogens is 236 g/mol. The Morgan fingerprint density at radius 3 is 2.56 bits per heavy atom. The van der Waals surface area contributed by atoms with Gasteiger partial charge < -0.3 is 15.2 Å². The zero-order chi connectivity index (χ0) is 13.7. The second-order valence-electron chi connectivity index (χ2n) is 4.67. The van der Waals surface area contributed by atoms with Crippen LogP contribution in [-0.2, 0) is 14.3 Å². The number of hydrogen-bond acceptors (Lipinski definition) is 4. The number of carbonyl (C=O) groups is 2. The van der Waals surface area contributed by atoms with Crippen LogP contribution in [0.5, 0.6) is 0 Å². The molecule has 0 bridgehead atoms. The summed E-state index contributed by atoms with van der Waals surface area (Å²) in [7, 11) is 1.50. The maximum absolute atomic E-state index is 11.6. The lowest BCUT2D eigenvalue weighted by atomic mass is 9.85. The van der Waals surface area contributed by atoms with Gasteiger partial charge in [-0.2, -0.15) is 0 Å². The highest BCUT2D eigenvalue weighted by atomic mass is 16.5. The van der Waals surface area contributed by atoms with Crippen LogP contribution in [0.1, 0.15) is 26.7 Å². The standard InChI is InChI=1S/C12H22N2O4/c1-4-14(7-11(15)16)10-5-9(6-10)13-12(17)8(2)18-3/h8-10H,4-7H2,1-3H3,(H,13,17)(H,15,16). The third-order valence-corrected chi connectivity index (χ3v) is 3.44. The number of amides is 1. The monoisotopic (exact) mass is 258 g/mol. The minimum absolute atomic E-state index is 0.0658. The van der Waals surface area contributed by atoms with E-state index < -0.39 is 12.1 Å². The topological polar surface area (TPSA) is 78.9 Å². The van der Waals surface area contributed by atoms with Crippen LogP contribution in [0.4, 0.5) is 0 Å². The maximum atomic E-state index is 11.6. The molecule has 0 spiro atoms. The lowest BCUT2D eigenvalue weighted by Crippen LogP contribution is -2.56. The second kappa shape index (κ2) is 6.70. The summed E-state index contributed by atoms with van der Waals surface area (Å²) in [6.45, 7) is 4.43. The molecule has 18 heavy (non-hydrogen) atoms. The molecule has 104 valence electrons. The molecule has 1 saturated carbocycles. The number of methoxy groups -OCH3 is 1. The number of carboxylic acids is 1. The lowest BCUT2D eigenvalue weighted by molar-refractivity contribution is -0.140. The predicted molar refractivity (Wildman–Crippen MR) is 66.3 cm³/mol. The van der Waals surface area contributed by atoms with Crippen molar-refractivity contribution in [1.82, 2.24) is 10.2 Å². The number of carboxylic acid groups (broad SMARTS) is 1. The van der Waals surface area contributed by atoms with E-state index in [0.29, 0.717) is 6.54 Å². The summed E-state index contributed by atoms with van der Waals surface area (Å²) >= 11 is 0. The first-order chi connectivity index (χ1) is 8.47. The lowest BCUT2D eigenvalue weighted by Gasteiger charge is -2.42. The van der Waals surface area contributed by atoms with E-state index in [0.717, 1.165) is 12.8 Å². The smallest absolute Gasteiger partial charge is 0.317 e. The fourth-order valence-corrected chi connectivity index (χ4v) is 2.10. The number of ether oxygens (including phenoxy) is 1. The van der Waals surface area contributed by atoms with Crippen LogP contribution in [0.3, 0.4) is 0 Å². The first-order valence-electron chi connectivity index (χ1n) is 6.26. The Balaban J connectivity index is 2.30. The summed E-state index contributed by atoms with van der Waals surface area (Å²) in [4.78, 5) is 24.2. The summed E-state index contributed by atoms with van der Waals surface area (Å²) < 4.78 is 4.93. The van der Waals surface area contributed by atoms with Gasteiger partial charge in [0.2, 0.25) is 5.91 Å². The molecule has 0 aromatic heterocycles. The Bertz CT molecular complexity index is 302. The van der Waals surface area contributed by atoms with Crippen LogP contribution >= 0.6 is 0 Å². The van der Waals surface area contributed by atoms with Crippen molar-refractivity contribution in [2.24, 2.45) is 0 Å². The number of rotatable bonds is 7. The van der Waals surface area contributed by atoms with Crippen molar-refractivity contribution in [3.63, 3.8) is 0 Å². The zero-order valence-corrected chi connectivity index (χ0v) is 11.2. The van der Waals surface area contributed by atoms with E-state index in [-0.39, 0.29) is 24.5 Å². The Morgan fingerprint density at radius 2 is 2.11 bits per heavy atom. The number of aliphatic carboxylic acids is 1. The number of likely N-dealkylation sites (N-methyl/N-ethyl adjacent to an activating group) is 1. The molecule has 6 heteroatoms. The second-order valence-corrected chi connectivity index (χ2v) is 4.67. The molecule has 1 aliphatic carbocycles. The Labute approximate surface area is 107 Å². The number of nitrogens with one attached hydrogen (secondary N) is 1. The van der Waals surface area contributed by atoms with Gasteiger partial charge in [0, 0.05) is 19.2 Å². The minimum atomic E-state index is -0.808. The highest BCUT2D eigenvalue weighted by Crippen LogP contribution is 2.25. The molecule has 1 atom stereocenters. The molecule has 1 unspecified atom stereocenters. The van der Waals surface area contributed by atoms with E-state index in [1.807, 2.05) is 11.8 Å². The molecule has 1 rings (SSSR count). The SMILES string of the molecule is CCN(CC(=O)O)C1CC(NC(=O)C(C)OC)C1. The Morgan fingerprint density at radius 1 is 1.50 bits per heavy atom. The van der Waals surface area contributed by atoms with Gasteiger partial charge in [0.1, 0.15) is 6.10 Å². The van der Waals surface area contributed by atoms with E-state index in [1.54, 1.807) is 6.92 Å². The molecule has 1 aliphatic rings. The minimum Gasteiger partial charge on any atom is -0.480 e. The molecule has 0 heterocycles. The molecular formula is C12H22N2O4. The molecule has 0 saturated heterocycles. The molecule has 0 aromatic rings. The third-order valence-electron chi connectivity index (χ3n) is 3.44. The van der Waals surface area contributed by atoms with Crippen molar-refractivity contribution in [1.29, 1.82) is 0 Å². The third kappa shape index (κ3) is 3.96. The van der Waals surface area contributed by atoms with E-state index in [2.05, 4.69) is 5.32 Å². The summed E-state index contributed by atoms with van der Waals surface area (Å²) in [5.74, 6) is -0.917. The van der Waals surface area contributed by atoms with Crippen LogP contribution in [0.15, 0.2) is 0 Å². The molecule has 2 N–H and O–H groups in total. The van der Waals surface area contributed by atoms with Gasteiger partial charge in [0.25, 0.3) is 0 Å². The van der Waals surface area contributed by atoms with E-state index in [4.69, 9.17) is 9.84 Å². The Hall–Kier alpha value is -1.14. The molecule has 0 aromatic carbocycles. The zero-order valence-electron chi connectivity index (χ0n) is 11.2. The van der Waals surface area contributed by atoms with Gasteiger partial charge in [-0.25, -0.2) is 0 Å². The van der Waals surface area contributed by atoms with Gasteiger partial charge in [-0.3, -0.25) is 14.5 Å². The van der Waals surface area contributed by atoms with Crippen molar-refractivity contribution in [2.75, 3.05) is 20.2 Å². The van der Waals surface area contributed by atoms with Crippen molar-refractivity contribution < 1.29 is 19.4 Å². The number of nitrogens with zero attached hydrogens (tertiary/aromatic N) is 1. The van der Waals surface area contributed by atoms with Crippen LogP contribution in [0.2, 0.25) is 0 Å². The first-order valence-corrected chi connectivity index (χ1v) is 6.26. The molecule has 0 radical (unpaired) electrons. The highest BCUT2D eigenvalue weighted by molar-refractivity contribution is 5.80. The molecule has 1 fully saturated rings. The fourth-order valence-electron chi connectivity index (χ4n) is 2.10. The average molecular weight is 258 g/mol. The van der Waals surface area contributed by atoms with Gasteiger partial charge in [0.05, 0.1) is 6.54 Å². The number of carbonyl (C=O) groups excluding carboxylic acids is 1. The van der Waals surface area contributed by atoms with Gasteiger partial charge in [0.15, 0.2) is 0 Å². The quantitative estimate of drug-likeness (QED) is 0.676. The summed E-state index contributed by atoms with van der Waals surface area (Å²) in [6, 6.07) is 0.400. The van der Waals surface area contributed by atoms with Crippen molar-refractivity contribution in [2.45, 2.75) is 44.9 Å². The summed E-state index contributed by atoms with van der Waals surface area (Å²) in [5.41, 5.74) is 0. The van der Waals surface area contributed by atoms with Gasteiger partial charge in [-0.15, -0.1) is 0 Å². The van der Waals surface area contributed by atoms with Crippen molar-refractivity contribution >= 4 is 11.9 Å². The summed E-state index contributed by atoms with van der Waals surface area (Å²) in [5, 5.41) is 11.7. The predicted octanol–water partition coefficient (Wildman–Crippen LogP) is 0.0750. The normalized spacial score (nSPS) is 24.4. The maximum Gasteiger partial charge on any atom is 0.317 e. The first kappa shape index (κ1) is 14.9. The highest BCUT2D eigenvalue weighted by Gasteiger charge is 2.35. The van der Waals surface area contributed by atoms with E-state index in [9.17, 15) is 9.59 Å². The average Bonchev–Trinajstić information content (AvgIpc) is 2.28. The van der Waals surface area contributed by atoms with Crippen molar-refractivity contribution in [3.8, 4) is 0 Å². The van der Waals surface area contributed by atoms with Crippen LogP contribution in [-0.4, -0.2) is 60.3 Å². The fraction of sp³-hybridized carbons (Fsp3) is 0.833. The van der Waals surface area contributed by atoms with Gasteiger partial charge in [-0.1, -0.05) is 6.92 Å². The molecule has 1 amide bonds. The van der Waals surface area contributed by atoms with Gasteiger partial charge in [-0.05, 0) is 26.3 Å². The van der Waals surface area contributed by atoms with Crippen LogP contribution < -0.4 is 5.32 Å².